The molecule has 2 N–H and O–H groups in total. The molecule has 7 nitrogen and oxygen atoms in total. The minimum Gasteiger partial charge on any atom is -0.494 e. The number of carbonyl (C=O) groups is 1. The van der Waals surface area contributed by atoms with Crippen LogP contribution in [0.5, 0.6) is 11.5 Å². The van der Waals surface area contributed by atoms with Crippen LogP contribution in [0.4, 0.5) is 0 Å². The van der Waals surface area contributed by atoms with Gasteiger partial charge in [-0.3, -0.25) is 0 Å². The van der Waals surface area contributed by atoms with Crippen LogP contribution < -0.4 is 20.8 Å². The fourth-order valence-corrected chi connectivity index (χ4v) is 3.66. The van der Waals surface area contributed by atoms with Gasteiger partial charge >= 0.3 is 11.6 Å². The van der Waals surface area contributed by atoms with E-state index in [2.05, 4.69) is 0 Å². The van der Waals surface area contributed by atoms with Gasteiger partial charge in [-0.05, 0) is 43.7 Å². The number of para-hydroxylation sites is 1. The molecule has 1 unspecified atom stereocenters. The molecule has 154 valence electrons. The predicted molar refractivity (Wildman–Crippen MR) is 110 cm³/mol. The Morgan fingerprint density at radius 1 is 1.10 bits per heavy atom. The summed E-state index contributed by atoms with van der Waals surface area (Å²) >= 11 is 0. The minimum atomic E-state index is -0.825. The smallest absolute Gasteiger partial charge is 0.344 e. The summed E-state index contributed by atoms with van der Waals surface area (Å²) in [5.74, 6) is -0.702. The van der Waals surface area contributed by atoms with Crippen molar-refractivity contribution in [3.8, 4) is 11.5 Å². The molecule has 7 heteroatoms. The monoisotopic (exact) mass is 407 g/mol. The molecule has 0 amide bonds. The van der Waals surface area contributed by atoms with Crippen LogP contribution >= 0.6 is 0 Å². The van der Waals surface area contributed by atoms with E-state index in [1.54, 1.807) is 55.5 Å². The average molecular weight is 407 g/mol. The molecule has 0 bridgehead atoms. The van der Waals surface area contributed by atoms with Gasteiger partial charge in [0.15, 0.2) is 5.75 Å². The van der Waals surface area contributed by atoms with E-state index in [0.29, 0.717) is 28.9 Å². The fraction of sp³-hybridized carbons (Fsp3) is 0.217. The lowest BCUT2D eigenvalue weighted by Gasteiger charge is -2.28. The van der Waals surface area contributed by atoms with Gasteiger partial charge < -0.3 is 24.4 Å². The number of fused-ring (bicyclic) bond motifs is 3. The summed E-state index contributed by atoms with van der Waals surface area (Å²) in [5, 5.41) is 0.587. The van der Waals surface area contributed by atoms with Gasteiger partial charge in [0.2, 0.25) is 5.88 Å². The van der Waals surface area contributed by atoms with Gasteiger partial charge in [0.05, 0.1) is 30.1 Å². The Hall–Kier alpha value is -3.74. The molecular formula is C23H21NO6. The van der Waals surface area contributed by atoms with E-state index < -0.39 is 17.5 Å². The minimum absolute atomic E-state index is 0.0561. The molecule has 0 saturated heterocycles. The van der Waals surface area contributed by atoms with Gasteiger partial charge in [-0.1, -0.05) is 24.3 Å². The predicted octanol–water partition coefficient (Wildman–Crippen LogP) is 3.45. The van der Waals surface area contributed by atoms with E-state index in [1.165, 1.54) is 0 Å². The Balaban J connectivity index is 2.01. The number of hydrogen-bond acceptors (Lipinski definition) is 7. The summed E-state index contributed by atoms with van der Waals surface area (Å²) in [4.78, 5) is 25.8. The molecule has 0 aliphatic carbocycles. The standard InChI is InChI=1S/C23H21NO6/c1-3-27-14-9-7-8-13(12-14)17-18-20(30-21(24)19(17)22(25)28-4-2)15-10-5-6-11-16(15)29-23(18)26/h5-12,17H,3-4,24H2,1-2H3. The zero-order valence-corrected chi connectivity index (χ0v) is 16.6. The van der Waals surface area contributed by atoms with Crippen LogP contribution in [0.2, 0.25) is 0 Å². The zero-order valence-electron chi connectivity index (χ0n) is 16.6. The van der Waals surface area contributed by atoms with E-state index in [1.807, 2.05) is 6.92 Å². The first-order chi connectivity index (χ1) is 14.5. The van der Waals surface area contributed by atoms with Crippen molar-refractivity contribution in [2.45, 2.75) is 19.8 Å². The number of hydrogen-bond donors (Lipinski definition) is 1. The van der Waals surface area contributed by atoms with Crippen LogP contribution in [0.1, 0.15) is 30.9 Å². The van der Waals surface area contributed by atoms with Crippen LogP contribution in [0.25, 0.3) is 11.0 Å². The molecule has 0 saturated carbocycles. The summed E-state index contributed by atoms with van der Waals surface area (Å²) in [6.07, 6.45) is 0. The molecule has 30 heavy (non-hydrogen) atoms. The molecule has 0 fully saturated rings. The number of nitrogens with two attached hydrogens (primary N) is 1. The Morgan fingerprint density at radius 3 is 2.67 bits per heavy atom. The van der Waals surface area contributed by atoms with Crippen LogP contribution in [0, 0.1) is 0 Å². The molecule has 0 radical (unpaired) electrons. The second-order valence-corrected chi connectivity index (χ2v) is 6.67. The van der Waals surface area contributed by atoms with Crippen molar-refractivity contribution in [1.29, 1.82) is 0 Å². The second-order valence-electron chi connectivity index (χ2n) is 6.67. The second kappa shape index (κ2) is 7.94. The third kappa shape index (κ3) is 3.28. The Bertz CT molecular complexity index is 1210. The van der Waals surface area contributed by atoms with Gasteiger partial charge in [-0.25, -0.2) is 9.59 Å². The molecule has 3 aromatic rings. The highest BCUT2D eigenvalue weighted by molar-refractivity contribution is 5.94. The van der Waals surface area contributed by atoms with E-state index in [4.69, 9.17) is 24.4 Å². The summed E-state index contributed by atoms with van der Waals surface area (Å²) in [6, 6.07) is 14.2. The van der Waals surface area contributed by atoms with Crippen molar-refractivity contribution in [2.75, 3.05) is 13.2 Å². The summed E-state index contributed by atoms with van der Waals surface area (Å²) < 4.78 is 22.1. The quantitative estimate of drug-likeness (QED) is 0.511. The largest absolute Gasteiger partial charge is 0.494 e. The highest BCUT2D eigenvalue weighted by atomic mass is 16.5. The topological polar surface area (TPSA) is 101 Å². The maximum absolute atomic E-state index is 13.0. The molecule has 0 spiro atoms. The first-order valence-electron chi connectivity index (χ1n) is 9.68. The van der Waals surface area contributed by atoms with Crippen molar-refractivity contribution in [3.05, 3.63) is 81.5 Å². The Morgan fingerprint density at radius 2 is 1.90 bits per heavy atom. The third-order valence-electron chi connectivity index (χ3n) is 4.85. The molecule has 4 rings (SSSR count). The fourth-order valence-electron chi connectivity index (χ4n) is 3.66. The maximum Gasteiger partial charge on any atom is 0.344 e. The van der Waals surface area contributed by atoms with Gasteiger partial charge in [-0.15, -0.1) is 0 Å². The average Bonchev–Trinajstić information content (AvgIpc) is 2.73. The number of ether oxygens (including phenoxy) is 3. The number of benzene rings is 2. The summed E-state index contributed by atoms with van der Waals surface area (Å²) in [6.45, 7) is 4.20. The Labute approximate surface area is 172 Å². The van der Waals surface area contributed by atoms with E-state index in [-0.39, 0.29) is 29.4 Å². The molecule has 2 aromatic carbocycles. The van der Waals surface area contributed by atoms with Gasteiger partial charge in [0, 0.05) is 0 Å². The van der Waals surface area contributed by atoms with Crippen molar-refractivity contribution in [3.63, 3.8) is 0 Å². The highest BCUT2D eigenvalue weighted by Gasteiger charge is 2.39. The molecule has 1 aliphatic heterocycles. The number of carbonyl (C=O) groups excluding carboxylic acids is 1. The number of rotatable bonds is 5. The first-order valence-corrected chi connectivity index (χ1v) is 9.68. The van der Waals surface area contributed by atoms with Crippen LogP contribution in [-0.4, -0.2) is 19.2 Å². The van der Waals surface area contributed by atoms with Crippen molar-refractivity contribution in [1.82, 2.24) is 0 Å². The van der Waals surface area contributed by atoms with Crippen LogP contribution in [-0.2, 0) is 9.53 Å². The molecule has 2 heterocycles. The van der Waals surface area contributed by atoms with Gasteiger partial charge in [0.25, 0.3) is 0 Å². The molecule has 1 aliphatic rings. The first kappa shape index (κ1) is 19.6. The molecule has 1 aromatic heterocycles. The van der Waals surface area contributed by atoms with Crippen molar-refractivity contribution in [2.24, 2.45) is 5.73 Å². The maximum atomic E-state index is 13.0. The molecule has 1 atom stereocenters. The lowest BCUT2D eigenvalue weighted by Crippen LogP contribution is -2.31. The van der Waals surface area contributed by atoms with Crippen LogP contribution in [0.15, 0.2) is 69.2 Å². The summed E-state index contributed by atoms with van der Waals surface area (Å²) in [5.41, 5.74) is 6.84. The zero-order chi connectivity index (χ0) is 21.3. The SMILES string of the molecule is CCOC(=O)C1=C(N)Oc2c(c(=O)oc3ccccc23)C1c1cccc(OCC)c1. The lowest BCUT2D eigenvalue weighted by molar-refractivity contribution is -0.139. The molecular weight excluding hydrogens is 386 g/mol. The highest BCUT2D eigenvalue weighted by Crippen LogP contribution is 2.44. The van der Waals surface area contributed by atoms with Gasteiger partial charge in [-0.2, -0.15) is 0 Å². The third-order valence-corrected chi connectivity index (χ3v) is 4.85. The van der Waals surface area contributed by atoms with E-state index in [0.717, 1.165) is 0 Å². The van der Waals surface area contributed by atoms with Crippen molar-refractivity contribution >= 4 is 16.9 Å². The Kier molecular flexibility index (Phi) is 5.18. The number of esters is 1. The van der Waals surface area contributed by atoms with Crippen LogP contribution in [0.3, 0.4) is 0 Å². The normalized spacial score (nSPS) is 15.5. The summed E-state index contributed by atoms with van der Waals surface area (Å²) in [7, 11) is 0. The van der Waals surface area contributed by atoms with E-state index in [9.17, 15) is 9.59 Å². The van der Waals surface area contributed by atoms with Crippen molar-refractivity contribution < 1.29 is 23.4 Å². The lowest BCUT2D eigenvalue weighted by atomic mass is 9.83. The van der Waals surface area contributed by atoms with E-state index >= 15 is 0 Å². The van der Waals surface area contributed by atoms with Gasteiger partial charge in [0.1, 0.15) is 16.9 Å².